The first-order chi connectivity index (χ1) is 15.3. The molecule has 0 bridgehead atoms. The molecule has 6 nitrogen and oxygen atoms in total. The van der Waals surface area contributed by atoms with Crippen LogP contribution in [0.1, 0.15) is 37.7 Å². The minimum atomic E-state index is 0.114. The van der Waals surface area contributed by atoms with E-state index in [2.05, 4.69) is 69.0 Å². The monoisotopic (exact) mass is 452 g/mol. The predicted molar refractivity (Wildman–Crippen MR) is 129 cm³/mol. The van der Waals surface area contributed by atoms with E-state index in [1.54, 1.807) is 0 Å². The Balaban J connectivity index is 1.59. The lowest BCUT2D eigenvalue weighted by Crippen LogP contribution is -2.37. The molecule has 1 aliphatic rings. The summed E-state index contributed by atoms with van der Waals surface area (Å²) in [5, 5.41) is 4.84. The molecule has 170 valence electrons. The summed E-state index contributed by atoms with van der Waals surface area (Å²) in [6.07, 6.45) is 0. The van der Waals surface area contributed by atoms with Crippen LogP contribution in [0.15, 0.2) is 48.5 Å². The minimum absolute atomic E-state index is 0.114. The third-order valence-electron chi connectivity index (χ3n) is 5.72. The summed E-state index contributed by atoms with van der Waals surface area (Å²) in [7, 11) is 0. The zero-order valence-electron chi connectivity index (χ0n) is 19.4. The summed E-state index contributed by atoms with van der Waals surface area (Å²) in [4.78, 5) is 2.31. The third-order valence-corrected chi connectivity index (χ3v) is 6.12. The number of nitrogens with zero attached hydrogens (tertiary/aromatic N) is 4. The van der Waals surface area contributed by atoms with E-state index in [-0.39, 0.29) is 5.41 Å². The summed E-state index contributed by atoms with van der Waals surface area (Å²) in [5.41, 5.74) is 3.60. The van der Waals surface area contributed by atoms with Crippen LogP contribution in [-0.2, 0) is 23.4 Å². The largest absolute Gasteiger partial charge is 0.486 e. The van der Waals surface area contributed by atoms with E-state index in [0.717, 1.165) is 43.6 Å². The first-order valence-electron chi connectivity index (χ1n) is 11.1. The number of rotatable bonds is 6. The Labute approximate surface area is 195 Å². The maximum Gasteiger partial charge on any atom is 0.203 e. The fourth-order valence-electron chi connectivity index (χ4n) is 3.72. The highest BCUT2D eigenvalue weighted by atomic mass is 32.1. The number of hydrogen-bond donors (Lipinski definition) is 0. The Bertz CT molecular complexity index is 1090. The number of hydrogen-bond acceptors (Lipinski definition) is 5. The molecule has 1 aromatic heterocycles. The van der Waals surface area contributed by atoms with Gasteiger partial charge in [-0.3, -0.25) is 9.47 Å². The van der Waals surface area contributed by atoms with Crippen molar-refractivity contribution < 1.29 is 9.47 Å². The average molecular weight is 453 g/mol. The Morgan fingerprint density at radius 3 is 2.28 bits per heavy atom. The van der Waals surface area contributed by atoms with Gasteiger partial charge in [-0.2, -0.15) is 5.10 Å². The van der Waals surface area contributed by atoms with Crippen molar-refractivity contribution in [1.82, 2.24) is 19.2 Å². The molecule has 1 fully saturated rings. The van der Waals surface area contributed by atoms with Crippen LogP contribution < -0.4 is 4.74 Å². The molecule has 0 amide bonds. The molecule has 0 saturated carbocycles. The fraction of sp³-hybridized carbons (Fsp3) is 0.440. The maximum absolute atomic E-state index is 6.13. The van der Waals surface area contributed by atoms with Crippen molar-refractivity contribution in [3.8, 4) is 11.4 Å². The van der Waals surface area contributed by atoms with E-state index in [0.29, 0.717) is 18.0 Å². The molecule has 1 aliphatic heterocycles. The van der Waals surface area contributed by atoms with E-state index < -0.39 is 0 Å². The van der Waals surface area contributed by atoms with Crippen molar-refractivity contribution in [3.05, 3.63) is 70.3 Å². The molecule has 32 heavy (non-hydrogen) atoms. The second kappa shape index (κ2) is 9.57. The molecule has 0 aliphatic carbocycles. The van der Waals surface area contributed by atoms with E-state index >= 15 is 0 Å². The van der Waals surface area contributed by atoms with Gasteiger partial charge in [0.2, 0.25) is 4.77 Å². The normalized spacial score (nSPS) is 15.1. The first-order valence-corrected chi connectivity index (χ1v) is 11.5. The molecule has 3 aromatic rings. The lowest BCUT2D eigenvalue weighted by Gasteiger charge is -2.26. The SMILES string of the molecule is Cc1ccc(-n2c(COc3ccc(C(C)(C)C)cc3)nn(CN3CCOCC3)c2=S)cc1. The molecule has 0 radical (unpaired) electrons. The van der Waals surface area contributed by atoms with Crippen LogP contribution in [0, 0.1) is 11.7 Å². The minimum Gasteiger partial charge on any atom is -0.486 e. The second-order valence-corrected chi connectivity index (χ2v) is 9.67. The molecule has 7 heteroatoms. The van der Waals surface area contributed by atoms with Crippen LogP contribution in [0.4, 0.5) is 0 Å². The van der Waals surface area contributed by atoms with Crippen LogP contribution in [0.3, 0.4) is 0 Å². The molecule has 0 N–H and O–H groups in total. The molecule has 1 saturated heterocycles. The molecule has 0 spiro atoms. The highest BCUT2D eigenvalue weighted by Gasteiger charge is 2.18. The Kier molecular flexibility index (Phi) is 6.79. The predicted octanol–water partition coefficient (Wildman–Crippen LogP) is 4.88. The summed E-state index contributed by atoms with van der Waals surface area (Å²) < 4.78 is 16.2. The highest BCUT2D eigenvalue weighted by molar-refractivity contribution is 7.71. The van der Waals surface area contributed by atoms with Gasteiger partial charge >= 0.3 is 0 Å². The van der Waals surface area contributed by atoms with E-state index in [4.69, 9.17) is 26.8 Å². The van der Waals surface area contributed by atoms with Gasteiger partial charge in [-0.1, -0.05) is 50.6 Å². The highest BCUT2D eigenvalue weighted by Crippen LogP contribution is 2.25. The van der Waals surface area contributed by atoms with E-state index in [1.165, 1.54) is 11.1 Å². The van der Waals surface area contributed by atoms with Crippen molar-refractivity contribution in [2.24, 2.45) is 0 Å². The summed E-state index contributed by atoms with van der Waals surface area (Å²) in [6.45, 7) is 12.9. The van der Waals surface area contributed by atoms with Gasteiger partial charge in [0.1, 0.15) is 12.4 Å². The van der Waals surface area contributed by atoms with Crippen LogP contribution in [0.5, 0.6) is 5.75 Å². The maximum atomic E-state index is 6.13. The summed E-state index contributed by atoms with van der Waals surface area (Å²) >= 11 is 5.84. The molecule has 2 heterocycles. The van der Waals surface area contributed by atoms with Gasteiger partial charge in [-0.15, -0.1) is 0 Å². The van der Waals surface area contributed by atoms with Gasteiger partial charge in [0.25, 0.3) is 0 Å². The van der Waals surface area contributed by atoms with Crippen LogP contribution in [0.25, 0.3) is 5.69 Å². The molecular weight excluding hydrogens is 420 g/mol. The lowest BCUT2D eigenvalue weighted by molar-refractivity contribution is 0.0209. The van der Waals surface area contributed by atoms with Crippen molar-refractivity contribution in [1.29, 1.82) is 0 Å². The number of morpholine rings is 1. The average Bonchev–Trinajstić information content (AvgIpc) is 3.08. The van der Waals surface area contributed by atoms with Crippen molar-refractivity contribution >= 4 is 12.2 Å². The van der Waals surface area contributed by atoms with E-state index in [1.807, 2.05) is 21.4 Å². The van der Waals surface area contributed by atoms with Gasteiger partial charge in [-0.05, 0) is 54.4 Å². The summed E-state index contributed by atoms with van der Waals surface area (Å²) in [6, 6.07) is 16.6. The fourth-order valence-corrected chi connectivity index (χ4v) is 4.03. The number of aryl methyl sites for hydroxylation is 1. The molecule has 4 rings (SSSR count). The molecule has 2 aromatic carbocycles. The van der Waals surface area contributed by atoms with Crippen LogP contribution in [0.2, 0.25) is 0 Å². The first kappa shape index (κ1) is 22.7. The van der Waals surface area contributed by atoms with Crippen LogP contribution >= 0.6 is 12.2 Å². The van der Waals surface area contributed by atoms with Crippen molar-refractivity contribution in [2.45, 2.75) is 46.4 Å². The summed E-state index contributed by atoms with van der Waals surface area (Å²) in [5.74, 6) is 1.61. The standard InChI is InChI=1S/C25H32N4O2S/c1-19-5-9-21(10-6-19)29-23(17-31-22-11-7-20(8-12-22)25(2,3)4)26-28(24(29)32)18-27-13-15-30-16-14-27/h5-12H,13-18H2,1-4H3. The lowest BCUT2D eigenvalue weighted by atomic mass is 9.87. The van der Waals surface area contributed by atoms with Gasteiger partial charge in [-0.25, -0.2) is 4.68 Å². The Morgan fingerprint density at radius 2 is 1.66 bits per heavy atom. The molecular formula is C25H32N4O2S. The Hall–Kier alpha value is -2.48. The Morgan fingerprint density at radius 1 is 1.00 bits per heavy atom. The molecule has 0 unspecified atom stereocenters. The van der Waals surface area contributed by atoms with Gasteiger partial charge in [0.05, 0.1) is 19.9 Å². The zero-order valence-corrected chi connectivity index (χ0v) is 20.2. The topological polar surface area (TPSA) is 44.5 Å². The quantitative estimate of drug-likeness (QED) is 0.499. The van der Waals surface area contributed by atoms with Gasteiger partial charge < -0.3 is 9.47 Å². The number of benzene rings is 2. The van der Waals surface area contributed by atoms with Gasteiger partial charge in [0, 0.05) is 18.8 Å². The second-order valence-electron chi connectivity index (χ2n) is 9.30. The number of ether oxygens (including phenoxy) is 2. The number of aromatic nitrogens is 3. The zero-order chi connectivity index (χ0) is 22.7. The van der Waals surface area contributed by atoms with Crippen molar-refractivity contribution in [2.75, 3.05) is 26.3 Å². The van der Waals surface area contributed by atoms with Crippen LogP contribution in [-0.4, -0.2) is 45.6 Å². The smallest absolute Gasteiger partial charge is 0.203 e. The third kappa shape index (κ3) is 5.28. The van der Waals surface area contributed by atoms with Crippen molar-refractivity contribution in [3.63, 3.8) is 0 Å². The molecule has 0 atom stereocenters. The van der Waals surface area contributed by atoms with E-state index in [9.17, 15) is 0 Å². The van der Waals surface area contributed by atoms with Gasteiger partial charge in [0.15, 0.2) is 5.82 Å².